The Labute approximate surface area is 117 Å². The van der Waals surface area contributed by atoms with E-state index in [1.165, 1.54) is 0 Å². The molecule has 0 aromatic carbocycles. The van der Waals surface area contributed by atoms with Crippen LogP contribution in [0.15, 0.2) is 36.7 Å². The van der Waals surface area contributed by atoms with Crippen LogP contribution in [0, 0.1) is 17.8 Å². The van der Waals surface area contributed by atoms with Crippen LogP contribution in [0.2, 0.25) is 0 Å². The molecule has 5 heteroatoms. The van der Waals surface area contributed by atoms with Crippen molar-refractivity contribution in [2.75, 3.05) is 11.9 Å². The number of carbonyl (C=O) groups is 2. The maximum Gasteiger partial charge on any atom is 0.243 e. The van der Waals surface area contributed by atoms with Gasteiger partial charge >= 0.3 is 0 Å². The lowest BCUT2D eigenvalue weighted by molar-refractivity contribution is -0.127. The van der Waals surface area contributed by atoms with Gasteiger partial charge in [0.1, 0.15) is 0 Å². The highest BCUT2D eigenvalue weighted by molar-refractivity contribution is 5.94. The zero-order valence-electron chi connectivity index (χ0n) is 11.1. The number of fused-ring (bicyclic) bond motifs is 2. The Kier molecular flexibility index (Phi) is 3.50. The zero-order valence-corrected chi connectivity index (χ0v) is 11.1. The van der Waals surface area contributed by atoms with Crippen molar-refractivity contribution in [3.8, 4) is 0 Å². The van der Waals surface area contributed by atoms with E-state index >= 15 is 0 Å². The first-order chi connectivity index (χ1) is 9.72. The molecule has 0 radical (unpaired) electrons. The first kappa shape index (κ1) is 12.8. The predicted molar refractivity (Wildman–Crippen MR) is 74.7 cm³/mol. The van der Waals surface area contributed by atoms with Gasteiger partial charge in [0.25, 0.3) is 0 Å². The third kappa shape index (κ3) is 2.71. The monoisotopic (exact) mass is 271 g/mol. The highest BCUT2D eigenvalue weighted by Gasteiger charge is 2.39. The number of aromatic nitrogens is 1. The van der Waals surface area contributed by atoms with Crippen LogP contribution in [0.1, 0.15) is 12.8 Å². The SMILES string of the molecule is O=C(CNC(=O)C1CC2C=CC1C2)Nc1cccnc1. The van der Waals surface area contributed by atoms with E-state index in [1.807, 2.05) is 0 Å². The summed E-state index contributed by atoms with van der Waals surface area (Å²) in [7, 11) is 0. The summed E-state index contributed by atoms with van der Waals surface area (Å²) in [4.78, 5) is 27.7. The summed E-state index contributed by atoms with van der Waals surface area (Å²) in [5.41, 5.74) is 0.634. The van der Waals surface area contributed by atoms with E-state index in [2.05, 4.69) is 27.8 Å². The van der Waals surface area contributed by atoms with E-state index in [-0.39, 0.29) is 24.3 Å². The summed E-state index contributed by atoms with van der Waals surface area (Å²) in [6.45, 7) is 0.00529. The smallest absolute Gasteiger partial charge is 0.243 e. The van der Waals surface area contributed by atoms with Crippen LogP contribution in [-0.2, 0) is 9.59 Å². The second kappa shape index (κ2) is 5.45. The van der Waals surface area contributed by atoms with Crippen LogP contribution in [0.4, 0.5) is 5.69 Å². The number of rotatable bonds is 4. The van der Waals surface area contributed by atoms with Gasteiger partial charge in [-0.05, 0) is 36.8 Å². The maximum absolute atomic E-state index is 12.1. The normalized spacial score (nSPS) is 26.5. The van der Waals surface area contributed by atoms with Gasteiger partial charge in [0.2, 0.25) is 11.8 Å². The molecule has 1 saturated carbocycles. The molecule has 2 amide bonds. The molecule has 0 spiro atoms. The van der Waals surface area contributed by atoms with Crippen LogP contribution < -0.4 is 10.6 Å². The number of anilines is 1. The highest BCUT2D eigenvalue weighted by atomic mass is 16.2. The van der Waals surface area contributed by atoms with Crippen LogP contribution in [0.3, 0.4) is 0 Å². The van der Waals surface area contributed by atoms with Crippen molar-refractivity contribution in [1.82, 2.24) is 10.3 Å². The standard InChI is InChI=1S/C15H17N3O2/c19-14(18-12-2-1-5-16-8-12)9-17-15(20)13-7-10-3-4-11(13)6-10/h1-5,8,10-11,13H,6-7,9H2,(H,17,20)(H,18,19). The number of pyridine rings is 1. The van der Waals surface area contributed by atoms with Crippen LogP contribution >= 0.6 is 0 Å². The number of carbonyl (C=O) groups excluding carboxylic acids is 2. The average Bonchev–Trinajstić information content (AvgIpc) is 3.08. The Morgan fingerprint density at radius 1 is 1.30 bits per heavy atom. The van der Waals surface area contributed by atoms with E-state index in [1.54, 1.807) is 24.5 Å². The second-order valence-electron chi connectivity index (χ2n) is 5.39. The Balaban J connectivity index is 1.46. The van der Waals surface area contributed by atoms with Gasteiger partial charge in [-0.2, -0.15) is 0 Å². The average molecular weight is 271 g/mol. The molecule has 3 rings (SSSR count). The molecule has 3 unspecified atom stereocenters. The molecule has 1 fully saturated rings. The fourth-order valence-corrected chi connectivity index (χ4v) is 3.02. The lowest BCUT2D eigenvalue weighted by atomic mass is 9.93. The largest absolute Gasteiger partial charge is 0.347 e. The van der Waals surface area contributed by atoms with E-state index in [4.69, 9.17) is 0 Å². The molecule has 5 nitrogen and oxygen atoms in total. The molecule has 1 aromatic rings. The number of hydrogen-bond donors (Lipinski definition) is 2. The molecule has 1 heterocycles. The van der Waals surface area contributed by atoms with Gasteiger partial charge in [-0.1, -0.05) is 12.2 Å². The van der Waals surface area contributed by atoms with Crippen LogP contribution in [-0.4, -0.2) is 23.3 Å². The summed E-state index contributed by atoms with van der Waals surface area (Å²) in [6.07, 6.45) is 9.54. The van der Waals surface area contributed by atoms with Gasteiger partial charge in [0.15, 0.2) is 0 Å². The zero-order chi connectivity index (χ0) is 13.9. The van der Waals surface area contributed by atoms with E-state index < -0.39 is 0 Å². The fraction of sp³-hybridized carbons (Fsp3) is 0.400. The molecular weight excluding hydrogens is 254 g/mol. The molecule has 3 atom stereocenters. The van der Waals surface area contributed by atoms with E-state index in [9.17, 15) is 9.59 Å². The molecule has 2 bridgehead atoms. The minimum atomic E-state index is -0.231. The van der Waals surface area contributed by atoms with Gasteiger partial charge in [0.05, 0.1) is 18.4 Å². The van der Waals surface area contributed by atoms with Gasteiger partial charge in [-0.15, -0.1) is 0 Å². The van der Waals surface area contributed by atoms with E-state index in [0.29, 0.717) is 17.5 Å². The molecule has 1 aromatic heterocycles. The minimum Gasteiger partial charge on any atom is -0.347 e. The lowest BCUT2D eigenvalue weighted by Crippen LogP contribution is -2.38. The maximum atomic E-state index is 12.1. The molecular formula is C15H17N3O2. The molecule has 0 aliphatic heterocycles. The van der Waals surface area contributed by atoms with Crippen molar-refractivity contribution < 1.29 is 9.59 Å². The quantitative estimate of drug-likeness (QED) is 0.812. The Bertz CT molecular complexity index is 541. The molecule has 20 heavy (non-hydrogen) atoms. The first-order valence-electron chi connectivity index (χ1n) is 6.88. The third-order valence-electron chi connectivity index (χ3n) is 3.98. The van der Waals surface area contributed by atoms with Crippen LogP contribution in [0.25, 0.3) is 0 Å². The van der Waals surface area contributed by atoms with Crippen LogP contribution in [0.5, 0.6) is 0 Å². The highest BCUT2D eigenvalue weighted by Crippen LogP contribution is 2.43. The molecule has 104 valence electrons. The number of hydrogen-bond acceptors (Lipinski definition) is 3. The van der Waals surface area contributed by atoms with Crippen molar-refractivity contribution in [2.45, 2.75) is 12.8 Å². The number of allylic oxidation sites excluding steroid dienone is 2. The fourth-order valence-electron chi connectivity index (χ4n) is 3.02. The number of amides is 2. The van der Waals surface area contributed by atoms with Gasteiger partial charge in [-0.25, -0.2) is 0 Å². The van der Waals surface area contributed by atoms with Crippen molar-refractivity contribution >= 4 is 17.5 Å². The van der Waals surface area contributed by atoms with Gasteiger partial charge in [0, 0.05) is 12.1 Å². The molecule has 2 aliphatic rings. The first-order valence-corrected chi connectivity index (χ1v) is 6.88. The number of nitrogens with zero attached hydrogens (tertiary/aromatic N) is 1. The predicted octanol–water partition coefficient (Wildman–Crippen LogP) is 1.35. The lowest BCUT2D eigenvalue weighted by Gasteiger charge is -2.17. The topological polar surface area (TPSA) is 71.1 Å². The van der Waals surface area contributed by atoms with E-state index in [0.717, 1.165) is 12.8 Å². The van der Waals surface area contributed by atoms with Crippen molar-refractivity contribution in [3.63, 3.8) is 0 Å². The minimum absolute atomic E-state index is 0.00529. The summed E-state index contributed by atoms with van der Waals surface area (Å²) < 4.78 is 0. The molecule has 2 N–H and O–H groups in total. The van der Waals surface area contributed by atoms with Gasteiger partial charge < -0.3 is 10.6 Å². The van der Waals surface area contributed by atoms with Crippen molar-refractivity contribution in [2.24, 2.45) is 17.8 Å². The summed E-state index contributed by atoms with van der Waals surface area (Å²) in [5, 5.41) is 5.42. The van der Waals surface area contributed by atoms with Crippen molar-refractivity contribution in [3.05, 3.63) is 36.7 Å². The Morgan fingerprint density at radius 3 is 2.85 bits per heavy atom. The third-order valence-corrected chi connectivity index (χ3v) is 3.98. The van der Waals surface area contributed by atoms with Gasteiger partial charge in [-0.3, -0.25) is 14.6 Å². The van der Waals surface area contributed by atoms with Crippen molar-refractivity contribution in [1.29, 1.82) is 0 Å². The Hall–Kier alpha value is -2.17. The summed E-state index contributed by atoms with van der Waals surface area (Å²) in [5.74, 6) is 0.714. The molecule has 2 aliphatic carbocycles. The Morgan fingerprint density at radius 2 is 2.20 bits per heavy atom. The summed E-state index contributed by atoms with van der Waals surface area (Å²) >= 11 is 0. The summed E-state index contributed by atoms with van der Waals surface area (Å²) in [6, 6.07) is 3.50. The molecule has 0 saturated heterocycles. The second-order valence-corrected chi connectivity index (χ2v) is 5.39. The number of nitrogens with one attached hydrogen (secondary N) is 2.